The first-order valence-corrected chi connectivity index (χ1v) is 10.5. The summed E-state index contributed by atoms with van der Waals surface area (Å²) in [6, 6.07) is 9.86. The topological polar surface area (TPSA) is 34.1 Å². The van der Waals surface area contributed by atoms with Gasteiger partial charge in [0, 0.05) is 19.3 Å². The van der Waals surface area contributed by atoms with Crippen LogP contribution >= 0.6 is 0 Å². The molecule has 0 saturated heterocycles. The third-order valence-corrected chi connectivity index (χ3v) is 6.35. The smallest absolute Gasteiger partial charge is 0.155 e. The number of hydrogen-bond donors (Lipinski definition) is 0. The number of allylic oxidation sites excluding steroid dienone is 1. The van der Waals surface area contributed by atoms with E-state index in [4.69, 9.17) is 0 Å². The van der Waals surface area contributed by atoms with Gasteiger partial charge in [-0.2, -0.15) is 0 Å². The summed E-state index contributed by atoms with van der Waals surface area (Å²) in [7, 11) is 0. The van der Waals surface area contributed by atoms with Crippen LogP contribution in [0.3, 0.4) is 0 Å². The van der Waals surface area contributed by atoms with Gasteiger partial charge in [0.1, 0.15) is 5.78 Å². The van der Waals surface area contributed by atoms with E-state index in [-0.39, 0.29) is 5.78 Å². The average Bonchev–Trinajstić information content (AvgIpc) is 2.67. The quantitative estimate of drug-likeness (QED) is 0.537. The largest absolute Gasteiger partial charge is 0.300 e. The van der Waals surface area contributed by atoms with Gasteiger partial charge < -0.3 is 0 Å². The molecule has 0 radical (unpaired) electrons. The van der Waals surface area contributed by atoms with Crippen molar-refractivity contribution in [3.8, 4) is 0 Å². The number of rotatable bonds is 8. The molecule has 2 aliphatic rings. The summed E-state index contributed by atoms with van der Waals surface area (Å²) in [5.74, 6) is 2.81. The van der Waals surface area contributed by atoms with Crippen molar-refractivity contribution in [2.24, 2.45) is 17.8 Å². The SMILES string of the molecule is O=C(C=Cc1ccccc1)CCCC(=O)CC1CCCC2CCCCC21. The third kappa shape index (κ3) is 5.65. The minimum atomic E-state index is 0.117. The van der Waals surface area contributed by atoms with Gasteiger partial charge in [0.15, 0.2) is 5.78 Å². The van der Waals surface area contributed by atoms with E-state index in [2.05, 4.69) is 0 Å². The molecule has 2 saturated carbocycles. The van der Waals surface area contributed by atoms with E-state index in [0.717, 1.165) is 23.8 Å². The standard InChI is InChI=1S/C24H32O2/c25-22(17-16-19-8-2-1-3-9-19)13-7-14-23(26)18-21-12-6-11-20-10-4-5-15-24(20)21/h1-3,8-9,16-17,20-21,24H,4-7,10-15,18H2. The number of ketones is 2. The van der Waals surface area contributed by atoms with Crippen molar-refractivity contribution in [3.05, 3.63) is 42.0 Å². The van der Waals surface area contributed by atoms with Crippen LogP contribution in [-0.2, 0) is 9.59 Å². The maximum Gasteiger partial charge on any atom is 0.155 e. The Balaban J connectivity index is 1.37. The lowest BCUT2D eigenvalue weighted by Gasteiger charge is -2.41. The fourth-order valence-corrected chi connectivity index (χ4v) is 5.02. The molecule has 2 aliphatic carbocycles. The highest BCUT2D eigenvalue weighted by molar-refractivity contribution is 5.93. The van der Waals surface area contributed by atoms with E-state index >= 15 is 0 Å². The molecular formula is C24H32O2. The van der Waals surface area contributed by atoms with Gasteiger partial charge in [-0.25, -0.2) is 0 Å². The van der Waals surface area contributed by atoms with E-state index in [1.807, 2.05) is 36.4 Å². The first-order valence-electron chi connectivity index (χ1n) is 10.5. The number of fused-ring (bicyclic) bond motifs is 1. The van der Waals surface area contributed by atoms with E-state index in [1.54, 1.807) is 6.08 Å². The molecule has 3 atom stereocenters. The fourth-order valence-electron chi connectivity index (χ4n) is 5.02. The van der Waals surface area contributed by atoms with Crippen LogP contribution in [0.1, 0.15) is 76.2 Å². The van der Waals surface area contributed by atoms with E-state index in [1.165, 1.54) is 44.9 Å². The molecule has 0 amide bonds. The first-order chi connectivity index (χ1) is 12.7. The van der Waals surface area contributed by atoms with Gasteiger partial charge in [0.25, 0.3) is 0 Å². The van der Waals surface area contributed by atoms with Crippen molar-refractivity contribution in [3.63, 3.8) is 0 Å². The minimum absolute atomic E-state index is 0.117. The van der Waals surface area contributed by atoms with Gasteiger partial charge in [-0.3, -0.25) is 9.59 Å². The fraction of sp³-hybridized carbons (Fsp3) is 0.583. The summed E-state index contributed by atoms with van der Waals surface area (Å²) in [4.78, 5) is 24.4. The Hall–Kier alpha value is -1.70. The van der Waals surface area contributed by atoms with Crippen molar-refractivity contribution in [1.82, 2.24) is 0 Å². The molecule has 2 nitrogen and oxygen atoms in total. The Labute approximate surface area is 158 Å². The Kier molecular flexibility index (Phi) is 7.22. The maximum absolute atomic E-state index is 12.4. The second kappa shape index (κ2) is 9.85. The molecule has 1 aromatic rings. The van der Waals surface area contributed by atoms with Gasteiger partial charge in [-0.1, -0.05) is 68.5 Å². The van der Waals surface area contributed by atoms with Crippen molar-refractivity contribution in [1.29, 1.82) is 0 Å². The van der Waals surface area contributed by atoms with E-state index in [9.17, 15) is 9.59 Å². The normalized spacial score (nSPS) is 25.8. The zero-order valence-electron chi connectivity index (χ0n) is 15.9. The van der Waals surface area contributed by atoms with Crippen LogP contribution in [0.15, 0.2) is 36.4 Å². The second-order valence-electron chi connectivity index (χ2n) is 8.21. The highest BCUT2D eigenvalue weighted by Crippen LogP contribution is 2.45. The zero-order chi connectivity index (χ0) is 18.2. The summed E-state index contributed by atoms with van der Waals surface area (Å²) in [6.45, 7) is 0. The summed E-state index contributed by atoms with van der Waals surface area (Å²) in [5, 5.41) is 0. The number of hydrogen-bond acceptors (Lipinski definition) is 2. The third-order valence-electron chi connectivity index (χ3n) is 6.35. The molecule has 0 spiro atoms. The summed E-state index contributed by atoms with van der Waals surface area (Å²) >= 11 is 0. The molecule has 0 bridgehead atoms. The van der Waals surface area contributed by atoms with Crippen molar-refractivity contribution in [2.45, 2.75) is 70.6 Å². The van der Waals surface area contributed by atoms with Gasteiger partial charge in [0.05, 0.1) is 0 Å². The number of benzene rings is 1. The summed E-state index contributed by atoms with van der Waals surface area (Å²) in [5.41, 5.74) is 1.04. The van der Waals surface area contributed by atoms with Gasteiger partial charge in [0.2, 0.25) is 0 Å². The second-order valence-corrected chi connectivity index (χ2v) is 8.21. The minimum Gasteiger partial charge on any atom is -0.300 e. The van der Waals surface area contributed by atoms with Crippen LogP contribution in [0.2, 0.25) is 0 Å². The molecule has 0 aromatic heterocycles. The molecule has 3 unspecified atom stereocenters. The molecular weight excluding hydrogens is 320 g/mol. The summed E-state index contributed by atoms with van der Waals surface area (Å²) < 4.78 is 0. The zero-order valence-corrected chi connectivity index (χ0v) is 15.9. The van der Waals surface area contributed by atoms with Crippen LogP contribution in [0, 0.1) is 17.8 Å². The van der Waals surface area contributed by atoms with E-state index in [0.29, 0.717) is 31.0 Å². The highest BCUT2D eigenvalue weighted by Gasteiger charge is 2.35. The van der Waals surface area contributed by atoms with Crippen molar-refractivity contribution < 1.29 is 9.59 Å². The lowest BCUT2D eigenvalue weighted by atomic mass is 9.64. The van der Waals surface area contributed by atoms with Crippen molar-refractivity contribution >= 4 is 17.6 Å². The number of carbonyl (C=O) groups is 2. The van der Waals surface area contributed by atoms with Crippen LogP contribution in [0.4, 0.5) is 0 Å². The Morgan fingerprint density at radius 1 is 0.923 bits per heavy atom. The van der Waals surface area contributed by atoms with Gasteiger partial charge in [-0.05, 0) is 48.7 Å². The predicted octanol–water partition coefficient (Wildman–Crippen LogP) is 6.00. The predicted molar refractivity (Wildman–Crippen MR) is 107 cm³/mol. The molecule has 26 heavy (non-hydrogen) atoms. The monoisotopic (exact) mass is 352 g/mol. The van der Waals surface area contributed by atoms with Gasteiger partial charge >= 0.3 is 0 Å². The highest BCUT2D eigenvalue weighted by atomic mass is 16.1. The Morgan fingerprint density at radius 3 is 2.54 bits per heavy atom. The molecule has 2 heteroatoms. The van der Waals surface area contributed by atoms with Gasteiger partial charge in [-0.15, -0.1) is 0 Å². The molecule has 3 rings (SSSR count). The lowest BCUT2D eigenvalue weighted by Crippen LogP contribution is -2.32. The van der Waals surface area contributed by atoms with Crippen LogP contribution < -0.4 is 0 Å². The molecule has 0 aliphatic heterocycles. The Morgan fingerprint density at radius 2 is 1.69 bits per heavy atom. The molecule has 2 fully saturated rings. The van der Waals surface area contributed by atoms with Crippen LogP contribution in [0.25, 0.3) is 6.08 Å². The summed E-state index contributed by atoms with van der Waals surface area (Å²) in [6.07, 6.45) is 15.4. The average molecular weight is 353 g/mol. The molecule has 1 aromatic carbocycles. The van der Waals surface area contributed by atoms with E-state index < -0.39 is 0 Å². The Bertz CT molecular complexity index is 614. The molecule has 0 heterocycles. The molecule has 0 N–H and O–H groups in total. The van der Waals surface area contributed by atoms with Crippen LogP contribution in [0.5, 0.6) is 0 Å². The molecule has 140 valence electrons. The van der Waals surface area contributed by atoms with Crippen molar-refractivity contribution in [2.75, 3.05) is 0 Å². The maximum atomic E-state index is 12.4. The van der Waals surface area contributed by atoms with Crippen LogP contribution in [-0.4, -0.2) is 11.6 Å². The number of Topliss-reactive ketones (excluding diaryl/α,β-unsaturated/α-hetero) is 1. The lowest BCUT2D eigenvalue weighted by molar-refractivity contribution is -0.121. The number of carbonyl (C=O) groups excluding carboxylic acids is 2. The first kappa shape index (κ1) is 19.1.